The van der Waals surface area contributed by atoms with Crippen LogP contribution in [0, 0.1) is 20.8 Å². The van der Waals surface area contributed by atoms with Crippen LogP contribution in [0.25, 0.3) is 11.3 Å². The van der Waals surface area contributed by atoms with E-state index >= 15 is 0 Å². The maximum absolute atomic E-state index is 5.98. The fraction of sp³-hybridized carbons (Fsp3) is 0.438. The Hall–Kier alpha value is -1.61. The average Bonchev–Trinajstić information content (AvgIpc) is 2.75. The number of H-pyrrole nitrogens is 1. The van der Waals surface area contributed by atoms with Crippen LogP contribution in [-0.2, 0) is 6.42 Å². The zero-order chi connectivity index (χ0) is 14.0. The molecule has 1 heterocycles. The second kappa shape index (κ2) is 5.57. The molecule has 0 aliphatic heterocycles. The molecule has 0 aliphatic rings. The molecular weight excluding hydrogens is 234 g/mol. The third kappa shape index (κ3) is 3.04. The quantitative estimate of drug-likeness (QED) is 0.883. The number of nitrogens with two attached hydrogens (primary N) is 1. The summed E-state index contributed by atoms with van der Waals surface area (Å²) < 4.78 is 0. The Labute approximate surface area is 115 Å². The Balaban J connectivity index is 2.33. The number of hydrogen-bond acceptors (Lipinski definition) is 2. The van der Waals surface area contributed by atoms with Crippen LogP contribution in [0.3, 0.4) is 0 Å². The number of rotatable bonds is 4. The normalized spacial score (nSPS) is 12.7. The van der Waals surface area contributed by atoms with Crippen molar-refractivity contribution in [1.29, 1.82) is 0 Å². The van der Waals surface area contributed by atoms with E-state index in [9.17, 15) is 0 Å². The number of hydrogen-bond donors (Lipinski definition) is 2. The molecule has 0 radical (unpaired) electrons. The second-order valence-electron chi connectivity index (χ2n) is 5.42. The first kappa shape index (κ1) is 13.8. The standard InChI is InChI=1S/C16H23N3/c1-5-13(17)8-14-9-15(19-18-14)16-11(3)6-10(2)7-12(16)4/h6-7,9,13H,5,8,17H2,1-4H3,(H,18,19). The summed E-state index contributed by atoms with van der Waals surface area (Å²) in [4.78, 5) is 0. The summed E-state index contributed by atoms with van der Waals surface area (Å²) in [6.07, 6.45) is 1.84. The van der Waals surface area contributed by atoms with Crippen molar-refractivity contribution >= 4 is 0 Å². The van der Waals surface area contributed by atoms with Crippen molar-refractivity contribution in [3.63, 3.8) is 0 Å². The molecular formula is C16H23N3. The van der Waals surface area contributed by atoms with Crippen molar-refractivity contribution < 1.29 is 0 Å². The predicted octanol–water partition coefficient (Wildman–Crippen LogP) is 3.28. The highest BCUT2D eigenvalue weighted by Gasteiger charge is 2.11. The molecule has 0 amide bonds. The molecule has 2 rings (SSSR count). The number of nitrogens with one attached hydrogen (secondary N) is 1. The van der Waals surface area contributed by atoms with Crippen molar-refractivity contribution in [3.8, 4) is 11.3 Å². The van der Waals surface area contributed by atoms with E-state index in [0.717, 1.165) is 24.2 Å². The van der Waals surface area contributed by atoms with Crippen LogP contribution in [0.1, 0.15) is 35.7 Å². The summed E-state index contributed by atoms with van der Waals surface area (Å²) >= 11 is 0. The lowest BCUT2D eigenvalue weighted by Crippen LogP contribution is -2.21. The van der Waals surface area contributed by atoms with E-state index in [0.29, 0.717) is 0 Å². The summed E-state index contributed by atoms with van der Waals surface area (Å²) in [5.74, 6) is 0. The Morgan fingerprint density at radius 2 is 1.79 bits per heavy atom. The minimum Gasteiger partial charge on any atom is -0.327 e. The number of aromatic amines is 1. The zero-order valence-corrected chi connectivity index (χ0v) is 12.2. The maximum Gasteiger partial charge on any atom is 0.0928 e. The van der Waals surface area contributed by atoms with Crippen LogP contribution >= 0.6 is 0 Å². The van der Waals surface area contributed by atoms with Crippen LogP contribution in [0.15, 0.2) is 18.2 Å². The van der Waals surface area contributed by atoms with Gasteiger partial charge in [0.05, 0.1) is 5.69 Å². The SMILES string of the molecule is CCC(N)Cc1cc(-c2c(C)cc(C)cc2C)n[nH]1. The van der Waals surface area contributed by atoms with Gasteiger partial charge in [0.2, 0.25) is 0 Å². The molecule has 3 nitrogen and oxygen atoms in total. The van der Waals surface area contributed by atoms with Crippen LogP contribution in [0.5, 0.6) is 0 Å². The van der Waals surface area contributed by atoms with E-state index in [4.69, 9.17) is 5.73 Å². The first-order valence-electron chi connectivity index (χ1n) is 6.89. The smallest absolute Gasteiger partial charge is 0.0928 e. The summed E-state index contributed by atoms with van der Waals surface area (Å²) in [7, 11) is 0. The Kier molecular flexibility index (Phi) is 4.05. The zero-order valence-electron chi connectivity index (χ0n) is 12.2. The fourth-order valence-electron chi connectivity index (χ4n) is 2.61. The fourth-order valence-corrected chi connectivity index (χ4v) is 2.61. The number of aromatic nitrogens is 2. The second-order valence-corrected chi connectivity index (χ2v) is 5.42. The third-order valence-electron chi connectivity index (χ3n) is 3.57. The highest BCUT2D eigenvalue weighted by atomic mass is 15.1. The minimum absolute atomic E-state index is 0.202. The average molecular weight is 257 g/mol. The van der Waals surface area contributed by atoms with Gasteiger partial charge in [0.25, 0.3) is 0 Å². The molecule has 0 fully saturated rings. The molecule has 3 N–H and O–H groups in total. The summed E-state index contributed by atoms with van der Waals surface area (Å²) in [6, 6.07) is 6.73. The van der Waals surface area contributed by atoms with Crippen LogP contribution in [0.4, 0.5) is 0 Å². The lowest BCUT2D eigenvalue weighted by molar-refractivity contribution is 0.635. The molecule has 1 unspecified atom stereocenters. The largest absolute Gasteiger partial charge is 0.327 e. The van der Waals surface area contributed by atoms with Gasteiger partial charge in [0.1, 0.15) is 0 Å². The predicted molar refractivity (Wildman–Crippen MR) is 80.2 cm³/mol. The highest BCUT2D eigenvalue weighted by Crippen LogP contribution is 2.27. The van der Waals surface area contributed by atoms with Gasteiger partial charge in [0.15, 0.2) is 0 Å². The van der Waals surface area contributed by atoms with Crippen molar-refractivity contribution in [2.45, 2.75) is 46.6 Å². The van der Waals surface area contributed by atoms with Crippen LogP contribution < -0.4 is 5.73 Å². The van der Waals surface area contributed by atoms with Gasteiger partial charge in [-0.3, -0.25) is 5.10 Å². The van der Waals surface area contributed by atoms with E-state index in [1.807, 2.05) is 0 Å². The Morgan fingerprint density at radius 3 is 2.37 bits per heavy atom. The van der Waals surface area contributed by atoms with Crippen LogP contribution in [-0.4, -0.2) is 16.2 Å². The molecule has 0 saturated carbocycles. The van der Waals surface area contributed by atoms with Gasteiger partial charge in [-0.15, -0.1) is 0 Å². The molecule has 1 aromatic heterocycles. The lowest BCUT2D eigenvalue weighted by atomic mass is 9.97. The first-order chi connectivity index (χ1) is 9.01. The lowest BCUT2D eigenvalue weighted by Gasteiger charge is -2.08. The highest BCUT2D eigenvalue weighted by molar-refractivity contribution is 5.68. The summed E-state index contributed by atoms with van der Waals surface area (Å²) in [5.41, 5.74) is 13.2. The van der Waals surface area contributed by atoms with E-state index in [1.54, 1.807) is 0 Å². The van der Waals surface area contributed by atoms with Gasteiger partial charge in [-0.2, -0.15) is 5.10 Å². The van der Waals surface area contributed by atoms with Gasteiger partial charge < -0.3 is 5.73 Å². The number of nitrogens with zero attached hydrogens (tertiary/aromatic N) is 1. The van der Waals surface area contributed by atoms with Gasteiger partial charge in [-0.1, -0.05) is 24.6 Å². The molecule has 0 aliphatic carbocycles. The molecule has 1 aromatic carbocycles. The van der Waals surface area contributed by atoms with E-state index in [1.165, 1.54) is 22.3 Å². The van der Waals surface area contributed by atoms with Crippen molar-refractivity contribution in [1.82, 2.24) is 10.2 Å². The van der Waals surface area contributed by atoms with Gasteiger partial charge in [0, 0.05) is 23.7 Å². The molecule has 2 aromatic rings. The van der Waals surface area contributed by atoms with E-state index in [-0.39, 0.29) is 6.04 Å². The first-order valence-corrected chi connectivity index (χ1v) is 6.89. The van der Waals surface area contributed by atoms with Crippen molar-refractivity contribution in [3.05, 3.63) is 40.6 Å². The van der Waals surface area contributed by atoms with Crippen molar-refractivity contribution in [2.24, 2.45) is 5.73 Å². The van der Waals surface area contributed by atoms with E-state index in [2.05, 4.69) is 56.1 Å². The van der Waals surface area contributed by atoms with Gasteiger partial charge in [-0.05, 0) is 44.4 Å². The molecule has 19 heavy (non-hydrogen) atoms. The summed E-state index contributed by atoms with van der Waals surface area (Å²) in [5, 5.41) is 7.55. The monoisotopic (exact) mass is 257 g/mol. The topological polar surface area (TPSA) is 54.7 Å². The Morgan fingerprint density at radius 1 is 1.16 bits per heavy atom. The molecule has 1 atom stereocenters. The molecule has 3 heteroatoms. The van der Waals surface area contributed by atoms with Crippen LogP contribution in [0.2, 0.25) is 0 Å². The molecule has 0 saturated heterocycles. The van der Waals surface area contributed by atoms with Gasteiger partial charge in [-0.25, -0.2) is 0 Å². The summed E-state index contributed by atoms with van der Waals surface area (Å²) in [6.45, 7) is 8.51. The van der Waals surface area contributed by atoms with E-state index < -0.39 is 0 Å². The molecule has 0 bridgehead atoms. The Bertz CT molecular complexity index is 546. The van der Waals surface area contributed by atoms with Gasteiger partial charge >= 0.3 is 0 Å². The minimum atomic E-state index is 0.202. The molecule has 102 valence electrons. The number of aryl methyl sites for hydroxylation is 3. The maximum atomic E-state index is 5.98. The third-order valence-corrected chi connectivity index (χ3v) is 3.57. The number of benzene rings is 1. The molecule has 0 spiro atoms. The van der Waals surface area contributed by atoms with Crippen molar-refractivity contribution in [2.75, 3.05) is 0 Å².